The zero-order valence-corrected chi connectivity index (χ0v) is 69.2. The number of amides is 3. The van der Waals surface area contributed by atoms with Crippen LogP contribution in [0.3, 0.4) is 0 Å². The Balaban J connectivity index is 0.000000392. The number of esters is 6. The highest BCUT2D eigenvalue weighted by Gasteiger charge is 2.41. The maximum Gasteiger partial charge on any atom is 0.410 e. The van der Waals surface area contributed by atoms with Crippen molar-refractivity contribution >= 4 is 59.9 Å². The number of rotatable bonds is 34. The molecule has 25 nitrogen and oxygen atoms in total. The van der Waals surface area contributed by atoms with Gasteiger partial charge in [0.1, 0.15) is 48.6 Å². The van der Waals surface area contributed by atoms with Crippen molar-refractivity contribution in [3.63, 3.8) is 0 Å². The minimum atomic E-state index is -1.36. The molecule has 4 aromatic rings. The fraction of sp³-hybridized carbons (Fsp3) is 0.605. The number of nitrogens with one attached hydrogen (secondary N) is 1. The summed E-state index contributed by atoms with van der Waals surface area (Å²) in [5.41, 5.74) is 4.02. The number of hydrogen-bond donors (Lipinski definition) is 2. The van der Waals surface area contributed by atoms with E-state index in [1.165, 1.54) is 55.3 Å². The lowest BCUT2D eigenvalue weighted by atomic mass is 9.90. The Morgan fingerprint density at radius 2 is 0.748 bits per heavy atom. The van der Waals surface area contributed by atoms with E-state index in [0.29, 0.717) is 43.8 Å². The smallest absolute Gasteiger partial charge is 0.410 e. The molecule has 2 aliphatic heterocycles. The van der Waals surface area contributed by atoms with Gasteiger partial charge in [0, 0.05) is 60.4 Å². The van der Waals surface area contributed by atoms with Crippen molar-refractivity contribution in [2.75, 3.05) is 54.6 Å². The number of carboxylic acids is 1. The molecule has 2 aliphatic rings. The highest BCUT2D eigenvalue weighted by molar-refractivity contribution is 5.91. The lowest BCUT2D eigenvalue weighted by molar-refractivity contribution is -0.174. The molecule has 6 rings (SSSR count). The highest BCUT2D eigenvalue weighted by Crippen LogP contribution is 2.30. The molecule has 2 N–H and O–H groups in total. The quantitative estimate of drug-likeness (QED) is 0.0324. The van der Waals surface area contributed by atoms with Gasteiger partial charge >= 0.3 is 54.0 Å². The van der Waals surface area contributed by atoms with Crippen LogP contribution in [0, 0.1) is 23.7 Å². The summed E-state index contributed by atoms with van der Waals surface area (Å²) in [6, 6.07) is 30.6. The third-order valence-electron chi connectivity index (χ3n) is 18.3. The Labute approximate surface area is 658 Å². The van der Waals surface area contributed by atoms with Crippen molar-refractivity contribution < 1.29 is 100 Å². The summed E-state index contributed by atoms with van der Waals surface area (Å²) in [7, 11) is 6.10. The van der Waals surface area contributed by atoms with Crippen LogP contribution in [0.2, 0.25) is 0 Å². The first kappa shape index (κ1) is 94.4. The van der Waals surface area contributed by atoms with Gasteiger partial charge in [0.05, 0.1) is 0 Å². The number of hydrogen-bond acceptors (Lipinski definition) is 21. The molecule has 0 aromatic heterocycles. The number of benzene rings is 4. The summed E-state index contributed by atoms with van der Waals surface area (Å²) in [4.78, 5) is 133. The second-order valence-electron chi connectivity index (χ2n) is 32.2. The van der Waals surface area contributed by atoms with Gasteiger partial charge in [-0.15, -0.1) is 0 Å². The molecule has 0 aliphatic carbocycles. The molecule has 2 saturated heterocycles. The highest BCUT2D eigenvalue weighted by atomic mass is 16.6. The van der Waals surface area contributed by atoms with Crippen LogP contribution in [0.4, 0.5) is 9.59 Å². The van der Waals surface area contributed by atoms with Gasteiger partial charge in [-0.05, 0) is 183 Å². The summed E-state index contributed by atoms with van der Waals surface area (Å²) < 4.78 is 54.6. The molecule has 616 valence electrons. The lowest BCUT2D eigenvalue weighted by Gasteiger charge is -2.33. The maximum atomic E-state index is 14.5. The van der Waals surface area contributed by atoms with Gasteiger partial charge in [0.15, 0.2) is 18.3 Å². The largest absolute Gasteiger partial charge is 0.478 e. The lowest BCUT2D eigenvalue weighted by Crippen LogP contribution is -2.52. The number of carbonyl (C=O) groups is 10. The molecular formula is C86H126N4O21. The molecule has 2 fully saturated rings. The average Bonchev–Trinajstić information content (AvgIpc) is 0.826. The first-order valence-corrected chi connectivity index (χ1v) is 38.8. The van der Waals surface area contributed by atoms with Gasteiger partial charge < -0.3 is 62.7 Å². The third-order valence-corrected chi connectivity index (χ3v) is 18.3. The van der Waals surface area contributed by atoms with E-state index in [2.05, 4.69) is 5.32 Å². The Morgan fingerprint density at radius 1 is 0.423 bits per heavy atom. The molecule has 0 unspecified atom stereocenters. The van der Waals surface area contributed by atoms with E-state index in [1.54, 1.807) is 48.6 Å². The van der Waals surface area contributed by atoms with Crippen molar-refractivity contribution in [2.45, 2.75) is 260 Å². The van der Waals surface area contributed by atoms with Crippen molar-refractivity contribution in [1.29, 1.82) is 0 Å². The Morgan fingerprint density at radius 3 is 1.08 bits per heavy atom. The average molecular weight is 1550 g/mol. The topological polar surface area (TPSA) is 305 Å². The zero-order valence-electron chi connectivity index (χ0n) is 69.2. The Bertz CT molecular complexity index is 3530. The molecule has 4 aromatic carbocycles. The molecule has 0 saturated carbocycles. The molecular weight excluding hydrogens is 1420 g/mol. The SMILES string of the molecule is CC(C)C[C@@H](C(=O)O[C@H](Cc1ccc(C2CCOCC2)cc1)C(=O)N(C)[C@@H](CC(C)C)C(=O)O[C@H](C)C(=O)OCc1ccccc1)N(C)C(=O)OC(C)(C)C.CC(C)C[C@@H](C(=O)O[C@H](Cc1ccc(C2CCOCC2)cc1)C(=O)O)N(C)C(=O)OC(C)(C)C.CN[C@@H](CC(C)C)C(=O)O[C@H](C)C(=O)OCc1ccccc1. The van der Waals surface area contributed by atoms with Crippen LogP contribution in [0.5, 0.6) is 0 Å². The first-order chi connectivity index (χ1) is 52.2. The summed E-state index contributed by atoms with van der Waals surface area (Å²) in [5.74, 6) is -4.71. The number of aliphatic carboxylic acids is 1. The number of carbonyl (C=O) groups excluding carboxylic acids is 9. The van der Waals surface area contributed by atoms with Gasteiger partial charge in [-0.25, -0.2) is 38.4 Å². The van der Waals surface area contributed by atoms with E-state index in [9.17, 15) is 53.1 Å². The van der Waals surface area contributed by atoms with E-state index in [0.717, 1.165) is 66.7 Å². The van der Waals surface area contributed by atoms with Crippen LogP contribution in [-0.2, 0) is 112 Å². The number of carboxylic acid groups (broad SMARTS) is 1. The van der Waals surface area contributed by atoms with E-state index in [4.69, 9.17) is 47.4 Å². The van der Waals surface area contributed by atoms with Crippen LogP contribution >= 0.6 is 0 Å². The van der Waals surface area contributed by atoms with E-state index in [1.807, 2.05) is 165 Å². The summed E-state index contributed by atoms with van der Waals surface area (Å²) in [6.45, 7) is 32.0. The minimum Gasteiger partial charge on any atom is -0.478 e. The summed E-state index contributed by atoms with van der Waals surface area (Å²) in [6.07, 6.45) is -0.959. The van der Waals surface area contributed by atoms with Gasteiger partial charge in [0.25, 0.3) is 5.91 Å². The zero-order chi connectivity index (χ0) is 82.9. The maximum absolute atomic E-state index is 14.5. The third kappa shape index (κ3) is 34.7. The molecule has 2 heterocycles. The first-order valence-electron chi connectivity index (χ1n) is 38.8. The number of likely N-dealkylation sites (N-methyl/N-ethyl adjacent to an activating group) is 4. The minimum absolute atomic E-state index is 0.0106. The van der Waals surface area contributed by atoms with Crippen LogP contribution in [0.25, 0.3) is 0 Å². The predicted octanol–water partition coefficient (Wildman–Crippen LogP) is 13.6. The second kappa shape index (κ2) is 46.8. The monoisotopic (exact) mass is 1550 g/mol. The fourth-order valence-electron chi connectivity index (χ4n) is 12.1. The number of ether oxygens (including phenoxy) is 10. The van der Waals surface area contributed by atoms with Crippen molar-refractivity contribution in [1.82, 2.24) is 20.0 Å². The van der Waals surface area contributed by atoms with E-state index < -0.39 is 120 Å². The van der Waals surface area contributed by atoms with Gasteiger partial charge in [-0.1, -0.05) is 165 Å². The van der Waals surface area contributed by atoms with Crippen LogP contribution in [-0.4, -0.2) is 194 Å². The van der Waals surface area contributed by atoms with Crippen molar-refractivity contribution in [3.8, 4) is 0 Å². The second-order valence-corrected chi connectivity index (χ2v) is 32.2. The number of nitrogens with zero attached hydrogens (tertiary/aromatic N) is 3. The molecule has 0 bridgehead atoms. The fourth-order valence-corrected chi connectivity index (χ4v) is 12.1. The molecule has 111 heavy (non-hydrogen) atoms. The predicted molar refractivity (Wildman–Crippen MR) is 420 cm³/mol. The van der Waals surface area contributed by atoms with Crippen LogP contribution in [0.15, 0.2) is 109 Å². The molecule has 0 spiro atoms. The van der Waals surface area contributed by atoms with Gasteiger partial charge in [-0.2, -0.15) is 0 Å². The Kier molecular flexibility index (Phi) is 39.8. The molecule has 8 atom stereocenters. The standard InChI is InChI=1S/C43H62N2O10.C26H39NO7.C17H25NO4/c1-28(2)24-35(40(48)53-30(5)39(47)52-27-32-14-12-11-13-15-32)44(9)38(46)37(26-31-16-18-33(19-17-31)34-20-22-51-23-21-34)54-41(49)36(25-29(3)4)45(10)42(50)55-43(6,7)8;1-17(2)15-21(27(6)25(31)34-26(3,4)5)24(30)33-22(23(28)29)16-18-7-9-19(10-8-18)20-11-13-32-14-12-20;1-12(2)10-15(18-4)17(20)22-13(3)16(19)21-11-14-8-6-5-7-9-14/h11-19,28-30,34-37H,20-27H2,1-10H3;7-10,17,20-22H,11-16H2,1-6H3,(H,28,29);5-9,12-13,15,18H,10-11H2,1-4H3/t30-,35+,36+,37-;21-,22+;13-,15+/m101/s1. The molecule has 25 heteroatoms. The van der Waals surface area contributed by atoms with Crippen molar-refractivity contribution in [3.05, 3.63) is 143 Å². The molecule has 3 amide bonds. The summed E-state index contributed by atoms with van der Waals surface area (Å²) >= 11 is 0. The normalized spacial score (nSPS) is 15.5. The summed E-state index contributed by atoms with van der Waals surface area (Å²) in [5, 5.41) is 12.6. The van der Waals surface area contributed by atoms with Gasteiger partial charge in [0.2, 0.25) is 6.10 Å². The Hall–Kier alpha value is -8.94. The van der Waals surface area contributed by atoms with Crippen molar-refractivity contribution in [2.24, 2.45) is 23.7 Å². The van der Waals surface area contributed by atoms with E-state index in [-0.39, 0.29) is 56.7 Å². The van der Waals surface area contributed by atoms with E-state index >= 15 is 0 Å². The van der Waals surface area contributed by atoms with Crippen LogP contribution in [0.1, 0.15) is 207 Å². The molecule has 0 radical (unpaired) electrons. The van der Waals surface area contributed by atoms with Gasteiger partial charge in [-0.3, -0.25) is 19.4 Å². The van der Waals surface area contributed by atoms with Crippen LogP contribution < -0.4 is 5.32 Å².